The third kappa shape index (κ3) is 4.51. The second-order valence-electron chi connectivity index (χ2n) is 5.23. The Morgan fingerprint density at radius 1 is 1.30 bits per heavy atom. The lowest BCUT2D eigenvalue weighted by Gasteiger charge is -2.31. The van der Waals surface area contributed by atoms with E-state index in [0.29, 0.717) is 12.6 Å². The zero-order valence-electron chi connectivity index (χ0n) is 11.8. The van der Waals surface area contributed by atoms with Crippen LogP contribution in [0, 0.1) is 0 Å². The zero-order valence-corrected chi connectivity index (χ0v) is 11.8. The van der Waals surface area contributed by atoms with Gasteiger partial charge in [-0.25, -0.2) is 4.79 Å². The maximum Gasteiger partial charge on any atom is 0.404 e. The summed E-state index contributed by atoms with van der Waals surface area (Å²) in [6.45, 7) is 2.98. The van der Waals surface area contributed by atoms with Crippen LogP contribution in [0.2, 0.25) is 0 Å². The molecule has 5 nitrogen and oxygen atoms in total. The number of benzene rings is 1. The van der Waals surface area contributed by atoms with Crippen LogP contribution in [0.1, 0.15) is 24.0 Å². The standard InChI is InChI=1S/C15H22N2O3/c1-17(14-6-8-20-9-7-14)11-13-4-2-12(3-5-13)10-16-15(18)19/h2-5,14,16H,6-11H2,1H3,(H,18,19). The molecule has 0 spiro atoms. The second-order valence-corrected chi connectivity index (χ2v) is 5.23. The van der Waals surface area contributed by atoms with E-state index in [1.54, 1.807) is 0 Å². The number of amides is 1. The van der Waals surface area contributed by atoms with E-state index in [9.17, 15) is 4.79 Å². The third-order valence-corrected chi connectivity index (χ3v) is 3.71. The molecule has 1 fully saturated rings. The van der Waals surface area contributed by atoms with Gasteiger partial charge in [0.1, 0.15) is 0 Å². The van der Waals surface area contributed by atoms with Crippen molar-refractivity contribution in [2.75, 3.05) is 20.3 Å². The average molecular weight is 278 g/mol. The van der Waals surface area contributed by atoms with Crippen LogP contribution in [-0.2, 0) is 17.8 Å². The summed E-state index contributed by atoms with van der Waals surface area (Å²) in [5.41, 5.74) is 2.22. The normalized spacial score (nSPS) is 16.3. The van der Waals surface area contributed by atoms with Gasteiger partial charge in [-0.3, -0.25) is 4.90 Å². The van der Waals surface area contributed by atoms with Crippen molar-refractivity contribution in [2.24, 2.45) is 0 Å². The van der Waals surface area contributed by atoms with Gasteiger partial charge in [0.2, 0.25) is 0 Å². The molecule has 5 heteroatoms. The fraction of sp³-hybridized carbons (Fsp3) is 0.533. The van der Waals surface area contributed by atoms with E-state index < -0.39 is 6.09 Å². The van der Waals surface area contributed by atoms with E-state index in [1.165, 1.54) is 5.56 Å². The van der Waals surface area contributed by atoms with Gasteiger partial charge in [0.15, 0.2) is 0 Å². The van der Waals surface area contributed by atoms with Crippen LogP contribution in [0.4, 0.5) is 4.79 Å². The molecule has 2 N–H and O–H groups in total. The minimum absolute atomic E-state index is 0.353. The van der Waals surface area contributed by atoms with Crippen molar-refractivity contribution in [3.63, 3.8) is 0 Å². The molecule has 0 radical (unpaired) electrons. The lowest BCUT2D eigenvalue weighted by molar-refractivity contribution is 0.0407. The number of ether oxygens (including phenoxy) is 1. The minimum atomic E-state index is -0.992. The van der Waals surface area contributed by atoms with E-state index >= 15 is 0 Å². The van der Waals surface area contributed by atoms with E-state index in [4.69, 9.17) is 9.84 Å². The fourth-order valence-corrected chi connectivity index (χ4v) is 2.48. The Balaban J connectivity index is 1.84. The van der Waals surface area contributed by atoms with Gasteiger partial charge in [-0.05, 0) is 31.0 Å². The van der Waals surface area contributed by atoms with Crippen LogP contribution in [0.5, 0.6) is 0 Å². The lowest BCUT2D eigenvalue weighted by atomic mass is 10.1. The van der Waals surface area contributed by atoms with Gasteiger partial charge in [0.05, 0.1) is 0 Å². The molecule has 1 aromatic carbocycles. The summed E-state index contributed by atoms with van der Waals surface area (Å²) in [5, 5.41) is 10.9. The molecule has 1 saturated heterocycles. The second kappa shape index (κ2) is 7.26. The highest BCUT2D eigenvalue weighted by Gasteiger charge is 2.18. The van der Waals surface area contributed by atoms with Crippen LogP contribution >= 0.6 is 0 Å². The average Bonchev–Trinajstić information content (AvgIpc) is 2.47. The molecule has 20 heavy (non-hydrogen) atoms. The SMILES string of the molecule is CN(Cc1ccc(CNC(=O)O)cc1)C1CCOCC1. The predicted octanol–water partition coefficient (Wildman–Crippen LogP) is 2.07. The minimum Gasteiger partial charge on any atom is -0.465 e. The number of nitrogens with zero attached hydrogens (tertiary/aromatic N) is 1. The Kier molecular flexibility index (Phi) is 5.38. The first-order valence-electron chi connectivity index (χ1n) is 6.98. The van der Waals surface area contributed by atoms with E-state index in [-0.39, 0.29) is 0 Å². The summed E-state index contributed by atoms with van der Waals surface area (Å²) in [5.74, 6) is 0. The summed E-state index contributed by atoms with van der Waals surface area (Å²) in [6.07, 6.45) is 1.20. The lowest BCUT2D eigenvalue weighted by Crippen LogP contribution is -2.36. The highest BCUT2D eigenvalue weighted by molar-refractivity contribution is 5.64. The molecule has 1 amide bonds. The molecule has 0 unspecified atom stereocenters. The molecule has 0 atom stereocenters. The smallest absolute Gasteiger partial charge is 0.404 e. The molecule has 0 saturated carbocycles. The monoisotopic (exact) mass is 278 g/mol. The highest BCUT2D eigenvalue weighted by Crippen LogP contribution is 2.16. The summed E-state index contributed by atoms with van der Waals surface area (Å²) in [6, 6.07) is 8.67. The fourth-order valence-electron chi connectivity index (χ4n) is 2.48. The molecule has 110 valence electrons. The van der Waals surface area contributed by atoms with E-state index in [1.807, 2.05) is 12.1 Å². The topological polar surface area (TPSA) is 61.8 Å². The Labute approximate surface area is 119 Å². The highest BCUT2D eigenvalue weighted by atomic mass is 16.5. The molecular weight excluding hydrogens is 256 g/mol. The van der Waals surface area contributed by atoms with Crippen LogP contribution in [0.3, 0.4) is 0 Å². The Bertz CT molecular complexity index is 427. The first-order valence-corrected chi connectivity index (χ1v) is 6.98. The Hall–Kier alpha value is -1.59. The largest absolute Gasteiger partial charge is 0.465 e. The molecule has 1 aromatic rings. The van der Waals surface area contributed by atoms with Crippen molar-refractivity contribution in [1.29, 1.82) is 0 Å². The molecule has 1 aliphatic heterocycles. The number of carboxylic acid groups (broad SMARTS) is 1. The summed E-state index contributed by atoms with van der Waals surface area (Å²) in [4.78, 5) is 12.8. The summed E-state index contributed by atoms with van der Waals surface area (Å²) in [7, 11) is 2.15. The van der Waals surface area contributed by atoms with Crippen molar-refractivity contribution in [3.8, 4) is 0 Å². The molecule has 2 rings (SSSR count). The molecular formula is C15H22N2O3. The van der Waals surface area contributed by atoms with Gasteiger partial charge in [-0.1, -0.05) is 24.3 Å². The molecule has 1 heterocycles. The summed E-state index contributed by atoms with van der Waals surface area (Å²) >= 11 is 0. The molecule has 1 aliphatic rings. The van der Waals surface area contributed by atoms with Crippen LogP contribution in [0.25, 0.3) is 0 Å². The molecule has 0 bridgehead atoms. The van der Waals surface area contributed by atoms with E-state index in [0.717, 1.165) is 38.2 Å². The Morgan fingerprint density at radius 2 is 1.90 bits per heavy atom. The van der Waals surface area contributed by atoms with Crippen LogP contribution < -0.4 is 5.32 Å². The number of hydrogen-bond acceptors (Lipinski definition) is 3. The Morgan fingerprint density at radius 3 is 2.50 bits per heavy atom. The first-order chi connectivity index (χ1) is 9.65. The maximum absolute atomic E-state index is 10.4. The number of nitrogens with one attached hydrogen (secondary N) is 1. The van der Waals surface area contributed by atoms with Gasteiger partial charge in [0.25, 0.3) is 0 Å². The molecule has 0 aliphatic carbocycles. The van der Waals surface area contributed by atoms with Gasteiger partial charge >= 0.3 is 6.09 Å². The predicted molar refractivity (Wildman–Crippen MR) is 76.6 cm³/mol. The van der Waals surface area contributed by atoms with Crippen LogP contribution in [-0.4, -0.2) is 42.4 Å². The van der Waals surface area contributed by atoms with Crippen LogP contribution in [0.15, 0.2) is 24.3 Å². The van der Waals surface area contributed by atoms with Gasteiger partial charge in [-0.2, -0.15) is 0 Å². The number of rotatable bonds is 5. The van der Waals surface area contributed by atoms with Gasteiger partial charge < -0.3 is 15.2 Å². The van der Waals surface area contributed by atoms with Gasteiger partial charge in [-0.15, -0.1) is 0 Å². The maximum atomic E-state index is 10.4. The quantitative estimate of drug-likeness (QED) is 0.865. The van der Waals surface area contributed by atoms with Gasteiger partial charge in [0, 0.05) is 32.3 Å². The van der Waals surface area contributed by atoms with Crippen molar-refractivity contribution < 1.29 is 14.6 Å². The van der Waals surface area contributed by atoms with E-state index in [2.05, 4.69) is 29.4 Å². The third-order valence-electron chi connectivity index (χ3n) is 3.71. The zero-order chi connectivity index (χ0) is 14.4. The van der Waals surface area contributed by atoms with Crippen molar-refractivity contribution >= 4 is 6.09 Å². The van der Waals surface area contributed by atoms with Crippen molar-refractivity contribution in [3.05, 3.63) is 35.4 Å². The number of carbonyl (C=O) groups is 1. The number of hydrogen-bond donors (Lipinski definition) is 2. The van der Waals surface area contributed by atoms with Crippen molar-refractivity contribution in [1.82, 2.24) is 10.2 Å². The van der Waals surface area contributed by atoms with Crippen molar-refractivity contribution in [2.45, 2.75) is 32.0 Å². The summed E-state index contributed by atoms with van der Waals surface area (Å²) < 4.78 is 5.38. The first kappa shape index (κ1) is 14.8. The molecule has 0 aromatic heterocycles.